The molecule has 1 aromatic heterocycles. The van der Waals surface area contributed by atoms with Crippen molar-refractivity contribution in [3.63, 3.8) is 0 Å². The van der Waals surface area contributed by atoms with Gasteiger partial charge in [-0.1, -0.05) is 18.2 Å². The molecule has 2 aliphatic rings. The monoisotopic (exact) mass is 473 g/mol. The molecule has 7 nitrogen and oxygen atoms in total. The van der Waals surface area contributed by atoms with Gasteiger partial charge in [0.25, 0.3) is 11.1 Å². The second kappa shape index (κ2) is 9.19. The number of thioether (sulfide) groups is 1. The molecule has 5 rings (SSSR count). The van der Waals surface area contributed by atoms with E-state index in [1.165, 1.54) is 11.3 Å². The summed E-state index contributed by atoms with van der Waals surface area (Å²) >= 11 is 0.879. The minimum Gasteiger partial charge on any atom is -0.369 e. The molecule has 0 bridgehead atoms. The SMILES string of the molecule is Cc1cc(-c2cccc3ncc(C=C4SC(=O)NC4=O)nc23)ccc1N1CCN(C(C)C)CC1. The molecular formula is C26H27N5O2S. The lowest BCUT2D eigenvalue weighted by Crippen LogP contribution is -2.49. The van der Waals surface area contributed by atoms with E-state index in [1.807, 2.05) is 18.2 Å². The number of carbonyl (C=O) groups excluding carboxylic acids is 2. The molecule has 2 amide bonds. The first-order valence-corrected chi connectivity index (χ1v) is 12.3. The quantitative estimate of drug-likeness (QED) is 0.561. The summed E-state index contributed by atoms with van der Waals surface area (Å²) in [5.74, 6) is -0.398. The summed E-state index contributed by atoms with van der Waals surface area (Å²) in [6, 6.07) is 13.1. The summed E-state index contributed by atoms with van der Waals surface area (Å²) in [5, 5.41) is 1.90. The standard InChI is InChI=1S/C26H27N5O2S/c1-16(2)30-9-11-31(12-10-30)22-8-7-18(13-17(22)3)20-5-4-6-21-24(20)28-19(15-27-21)14-23-25(32)29-26(33)34-23/h4-8,13-16H,9-12H2,1-3H3,(H,29,32,33). The Morgan fingerprint density at radius 2 is 1.88 bits per heavy atom. The third kappa shape index (κ3) is 4.43. The van der Waals surface area contributed by atoms with Gasteiger partial charge in [-0.15, -0.1) is 0 Å². The highest BCUT2D eigenvalue weighted by Gasteiger charge is 2.25. The van der Waals surface area contributed by atoms with Crippen LogP contribution in [0.1, 0.15) is 25.1 Å². The molecule has 2 saturated heterocycles. The number of rotatable bonds is 4. The normalized spacial score (nSPS) is 18.4. The van der Waals surface area contributed by atoms with Gasteiger partial charge in [-0.2, -0.15) is 0 Å². The van der Waals surface area contributed by atoms with E-state index < -0.39 is 5.91 Å². The molecule has 2 fully saturated rings. The molecule has 2 aromatic carbocycles. The predicted octanol–water partition coefficient (Wildman–Crippen LogP) is 4.46. The Balaban J connectivity index is 1.46. The summed E-state index contributed by atoms with van der Waals surface area (Å²) in [5.41, 5.74) is 6.67. The third-order valence-corrected chi connectivity index (χ3v) is 7.22. The van der Waals surface area contributed by atoms with Crippen LogP contribution in [-0.2, 0) is 4.79 Å². The van der Waals surface area contributed by atoms with Gasteiger partial charge in [0.15, 0.2) is 0 Å². The zero-order valence-corrected chi connectivity index (χ0v) is 20.4. The Labute approximate surface area is 203 Å². The van der Waals surface area contributed by atoms with Crippen LogP contribution in [0.4, 0.5) is 10.5 Å². The molecule has 0 atom stereocenters. The highest BCUT2D eigenvalue weighted by Crippen LogP contribution is 2.32. The van der Waals surface area contributed by atoms with Crippen LogP contribution >= 0.6 is 11.8 Å². The number of benzene rings is 2. The number of imide groups is 1. The fraction of sp³-hybridized carbons (Fsp3) is 0.308. The molecule has 8 heteroatoms. The molecule has 0 aliphatic carbocycles. The average molecular weight is 474 g/mol. The van der Waals surface area contributed by atoms with Gasteiger partial charge < -0.3 is 4.90 Å². The van der Waals surface area contributed by atoms with Crippen LogP contribution in [0, 0.1) is 6.92 Å². The molecule has 3 heterocycles. The Morgan fingerprint density at radius 3 is 2.56 bits per heavy atom. The van der Waals surface area contributed by atoms with E-state index in [0.717, 1.165) is 60.1 Å². The first kappa shape index (κ1) is 22.6. The van der Waals surface area contributed by atoms with E-state index in [1.54, 1.807) is 12.3 Å². The number of piperazine rings is 1. The van der Waals surface area contributed by atoms with Gasteiger partial charge >= 0.3 is 0 Å². The van der Waals surface area contributed by atoms with E-state index in [2.05, 4.69) is 59.1 Å². The molecule has 2 aliphatic heterocycles. The minimum atomic E-state index is -0.398. The van der Waals surface area contributed by atoms with Crippen LogP contribution in [-0.4, -0.2) is 58.2 Å². The first-order chi connectivity index (χ1) is 16.4. The number of anilines is 1. The molecule has 0 saturated carbocycles. The molecule has 174 valence electrons. The lowest BCUT2D eigenvalue weighted by atomic mass is 10.00. The maximum atomic E-state index is 11.9. The van der Waals surface area contributed by atoms with Gasteiger partial charge in [0.1, 0.15) is 0 Å². The van der Waals surface area contributed by atoms with Crippen molar-refractivity contribution in [3.05, 3.63) is 58.8 Å². The second-order valence-corrected chi connectivity index (χ2v) is 9.95. The molecule has 0 unspecified atom stereocenters. The number of carbonyl (C=O) groups is 2. The average Bonchev–Trinajstić information content (AvgIpc) is 3.15. The first-order valence-electron chi connectivity index (χ1n) is 11.5. The molecular weight excluding hydrogens is 446 g/mol. The summed E-state index contributed by atoms with van der Waals surface area (Å²) in [7, 11) is 0. The lowest BCUT2D eigenvalue weighted by molar-refractivity contribution is -0.115. The predicted molar refractivity (Wildman–Crippen MR) is 138 cm³/mol. The molecule has 0 radical (unpaired) electrons. The van der Waals surface area contributed by atoms with E-state index in [4.69, 9.17) is 4.98 Å². The summed E-state index contributed by atoms with van der Waals surface area (Å²) in [4.78, 5) is 38.0. The summed E-state index contributed by atoms with van der Waals surface area (Å²) in [6.07, 6.45) is 3.24. The van der Waals surface area contributed by atoms with Crippen molar-refractivity contribution < 1.29 is 9.59 Å². The van der Waals surface area contributed by atoms with Crippen molar-refractivity contribution in [2.45, 2.75) is 26.8 Å². The van der Waals surface area contributed by atoms with Crippen LogP contribution in [0.2, 0.25) is 0 Å². The lowest BCUT2D eigenvalue weighted by Gasteiger charge is -2.38. The number of nitrogens with one attached hydrogen (secondary N) is 1. The number of hydrogen-bond acceptors (Lipinski definition) is 7. The van der Waals surface area contributed by atoms with E-state index in [9.17, 15) is 9.59 Å². The number of amides is 2. The summed E-state index contributed by atoms with van der Waals surface area (Å²) in [6.45, 7) is 10.9. The zero-order valence-electron chi connectivity index (χ0n) is 19.5. The van der Waals surface area contributed by atoms with Crippen LogP contribution < -0.4 is 10.2 Å². The molecule has 34 heavy (non-hydrogen) atoms. The highest BCUT2D eigenvalue weighted by atomic mass is 32.2. The van der Waals surface area contributed by atoms with Crippen LogP contribution in [0.3, 0.4) is 0 Å². The van der Waals surface area contributed by atoms with Crippen molar-refractivity contribution in [1.82, 2.24) is 20.2 Å². The zero-order chi connectivity index (χ0) is 23.8. The van der Waals surface area contributed by atoms with E-state index in [-0.39, 0.29) is 5.24 Å². The Kier molecular flexibility index (Phi) is 6.10. The van der Waals surface area contributed by atoms with Gasteiger partial charge in [0.05, 0.1) is 27.8 Å². The van der Waals surface area contributed by atoms with E-state index in [0.29, 0.717) is 16.6 Å². The van der Waals surface area contributed by atoms with Crippen LogP contribution in [0.5, 0.6) is 0 Å². The van der Waals surface area contributed by atoms with E-state index >= 15 is 0 Å². The minimum absolute atomic E-state index is 0.328. The maximum Gasteiger partial charge on any atom is 0.290 e. The number of aryl methyl sites for hydroxylation is 1. The van der Waals surface area contributed by atoms with Gasteiger partial charge in [-0.05, 0) is 67.9 Å². The summed E-state index contributed by atoms with van der Waals surface area (Å²) < 4.78 is 0. The number of hydrogen-bond donors (Lipinski definition) is 1. The van der Waals surface area contributed by atoms with Gasteiger partial charge in [0, 0.05) is 43.5 Å². The smallest absolute Gasteiger partial charge is 0.290 e. The largest absolute Gasteiger partial charge is 0.369 e. The molecule has 1 N–H and O–H groups in total. The van der Waals surface area contributed by atoms with Crippen molar-refractivity contribution in [2.75, 3.05) is 31.1 Å². The van der Waals surface area contributed by atoms with Gasteiger partial charge in [0.2, 0.25) is 0 Å². The van der Waals surface area contributed by atoms with Crippen molar-refractivity contribution in [2.24, 2.45) is 0 Å². The molecule has 0 spiro atoms. The maximum absolute atomic E-state index is 11.9. The Hall–Kier alpha value is -3.23. The number of fused-ring (bicyclic) bond motifs is 1. The fourth-order valence-corrected chi connectivity index (χ4v) is 5.23. The van der Waals surface area contributed by atoms with Crippen molar-refractivity contribution in [1.29, 1.82) is 0 Å². The molecule has 3 aromatic rings. The number of nitrogens with zero attached hydrogens (tertiary/aromatic N) is 4. The van der Waals surface area contributed by atoms with Crippen molar-refractivity contribution >= 4 is 45.7 Å². The van der Waals surface area contributed by atoms with Crippen LogP contribution in [0.15, 0.2) is 47.5 Å². The highest BCUT2D eigenvalue weighted by molar-refractivity contribution is 8.18. The fourth-order valence-electron chi connectivity index (χ4n) is 4.56. The third-order valence-electron chi connectivity index (χ3n) is 6.41. The Morgan fingerprint density at radius 1 is 1.09 bits per heavy atom. The topological polar surface area (TPSA) is 78.4 Å². The van der Waals surface area contributed by atoms with Gasteiger partial charge in [-0.3, -0.25) is 24.8 Å². The van der Waals surface area contributed by atoms with Crippen molar-refractivity contribution in [3.8, 4) is 11.1 Å². The second-order valence-electron chi connectivity index (χ2n) is 8.94. The Bertz CT molecular complexity index is 1310. The number of aromatic nitrogens is 2. The van der Waals surface area contributed by atoms with Crippen LogP contribution in [0.25, 0.3) is 28.2 Å². The van der Waals surface area contributed by atoms with Gasteiger partial charge in [-0.25, -0.2) is 4.98 Å². The number of para-hydroxylation sites is 1.